The van der Waals surface area contributed by atoms with Crippen molar-refractivity contribution >= 4 is 28.5 Å². The number of halogens is 1. The van der Waals surface area contributed by atoms with Crippen LogP contribution in [0.4, 0.5) is 0 Å². The molecule has 3 aromatic heterocycles. The molecule has 10 heteroatoms. The van der Waals surface area contributed by atoms with Crippen molar-refractivity contribution in [2.45, 2.75) is 6.92 Å². The Balaban J connectivity index is 2.00. The fourth-order valence-corrected chi connectivity index (χ4v) is 2.87. The van der Waals surface area contributed by atoms with Crippen LogP contribution in [0.15, 0.2) is 53.6 Å². The Kier molecular flexibility index (Phi) is 4.58. The summed E-state index contributed by atoms with van der Waals surface area (Å²) in [5.41, 5.74) is -0.0718. The van der Waals surface area contributed by atoms with E-state index in [1.165, 1.54) is 16.9 Å². The summed E-state index contributed by atoms with van der Waals surface area (Å²) in [5, 5.41) is 13.0. The van der Waals surface area contributed by atoms with E-state index in [1.807, 2.05) is 0 Å². The van der Waals surface area contributed by atoms with Gasteiger partial charge < -0.3 is 4.74 Å². The first-order valence-corrected chi connectivity index (χ1v) is 8.70. The predicted molar refractivity (Wildman–Crippen MR) is 101 cm³/mol. The highest BCUT2D eigenvalue weighted by Gasteiger charge is 2.24. The minimum absolute atomic E-state index is 0.0669. The largest absolute Gasteiger partial charge is 0.462 e. The Labute approximate surface area is 163 Å². The second kappa shape index (κ2) is 7.20. The van der Waals surface area contributed by atoms with Crippen LogP contribution >= 0.6 is 11.6 Å². The number of aromatic nitrogens is 6. The number of carbonyl (C=O) groups excluding carboxylic acids is 1. The zero-order chi connectivity index (χ0) is 19.7. The molecule has 0 fully saturated rings. The van der Waals surface area contributed by atoms with E-state index in [4.69, 9.17) is 16.3 Å². The molecule has 0 saturated heterocycles. The molecule has 0 spiro atoms. The molecule has 0 unspecified atom stereocenters. The van der Waals surface area contributed by atoms with Gasteiger partial charge in [-0.25, -0.2) is 9.78 Å². The van der Waals surface area contributed by atoms with Crippen LogP contribution in [-0.2, 0) is 4.74 Å². The van der Waals surface area contributed by atoms with Crippen molar-refractivity contribution in [1.82, 2.24) is 29.8 Å². The average molecular weight is 397 g/mol. The third-order valence-corrected chi connectivity index (χ3v) is 4.17. The molecular weight excluding hydrogens is 384 g/mol. The zero-order valence-corrected chi connectivity index (χ0v) is 15.4. The van der Waals surface area contributed by atoms with Gasteiger partial charge in [-0.3, -0.25) is 4.79 Å². The topological polar surface area (TPSA) is 105 Å². The third-order valence-electron chi connectivity index (χ3n) is 3.93. The second-order valence-corrected chi connectivity index (χ2v) is 6.11. The molecule has 28 heavy (non-hydrogen) atoms. The predicted octanol–water partition coefficient (Wildman–Crippen LogP) is 2.19. The van der Waals surface area contributed by atoms with E-state index in [9.17, 15) is 9.59 Å². The third kappa shape index (κ3) is 3.01. The van der Waals surface area contributed by atoms with E-state index in [0.29, 0.717) is 21.7 Å². The minimum Gasteiger partial charge on any atom is -0.462 e. The van der Waals surface area contributed by atoms with Crippen molar-refractivity contribution in [2.75, 3.05) is 6.61 Å². The second-order valence-electron chi connectivity index (χ2n) is 5.67. The van der Waals surface area contributed by atoms with Gasteiger partial charge in [-0.15, -0.1) is 5.10 Å². The number of hydrogen-bond donors (Lipinski definition) is 0. The number of ether oxygens (including phenoxy) is 1. The van der Waals surface area contributed by atoms with Crippen LogP contribution in [-0.4, -0.2) is 42.3 Å². The molecule has 4 aromatic rings. The lowest BCUT2D eigenvalue weighted by atomic mass is 10.2. The Morgan fingerprint density at radius 3 is 2.82 bits per heavy atom. The van der Waals surface area contributed by atoms with E-state index in [2.05, 4.69) is 20.4 Å². The fourth-order valence-electron chi connectivity index (χ4n) is 2.70. The summed E-state index contributed by atoms with van der Waals surface area (Å²) < 4.78 is 7.43. The molecule has 1 aromatic carbocycles. The first-order chi connectivity index (χ1) is 13.6. The van der Waals surface area contributed by atoms with Gasteiger partial charge in [0.2, 0.25) is 0 Å². The molecule has 0 aliphatic carbocycles. The van der Waals surface area contributed by atoms with Crippen molar-refractivity contribution in [2.24, 2.45) is 0 Å². The lowest BCUT2D eigenvalue weighted by Gasteiger charge is -2.10. The molecule has 0 aliphatic rings. The maximum atomic E-state index is 13.1. The van der Waals surface area contributed by atoms with Crippen LogP contribution in [0.5, 0.6) is 0 Å². The lowest BCUT2D eigenvalue weighted by Crippen LogP contribution is -2.27. The van der Waals surface area contributed by atoms with Crippen LogP contribution in [0.1, 0.15) is 17.3 Å². The molecule has 0 atom stereocenters. The van der Waals surface area contributed by atoms with Crippen molar-refractivity contribution in [1.29, 1.82) is 0 Å². The highest BCUT2D eigenvalue weighted by atomic mass is 35.5. The van der Waals surface area contributed by atoms with E-state index in [0.717, 1.165) is 4.68 Å². The first-order valence-electron chi connectivity index (χ1n) is 8.32. The van der Waals surface area contributed by atoms with E-state index >= 15 is 0 Å². The molecule has 0 aliphatic heterocycles. The normalized spacial score (nSPS) is 10.9. The summed E-state index contributed by atoms with van der Waals surface area (Å²) >= 11 is 5.96. The SMILES string of the molecule is CCOC(=O)c1cnn(-c2ccccn2)c1-n1nnc2cc(Cl)ccc2c1=O. The standard InChI is InChI=1S/C18H13ClN6O3/c1-2-28-18(27)13-10-21-24(15-5-3-4-8-20-15)16(13)25-17(26)12-7-6-11(19)9-14(12)22-23-25/h3-10H,2H2,1H3. The van der Waals surface area contributed by atoms with Gasteiger partial charge in [0.05, 0.1) is 18.2 Å². The van der Waals surface area contributed by atoms with Gasteiger partial charge in [-0.05, 0) is 37.3 Å². The summed E-state index contributed by atoms with van der Waals surface area (Å²) in [6.07, 6.45) is 2.88. The smallest absolute Gasteiger partial charge is 0.343 e. The summed E-state index contributed by atoms with van der Waals surface area (Å²) in [6, 6.07) is 9.86. The fraction of sp³-hybridized carbons (Fsp3) is 0.111. The number of benzene rings is 1. The van der Waals surface area contributed by atoms with Gasteiger partial charge >= 0.3 is 5.97 Å². The van der Waals surface area contributed by atoms with Crippen molar-refractivity contribution in [3.8, 4) is 11.6 Å². The molecule has 4 rings (SSSR count). The van der Waals surface area contributed by atoms with E-state index in [-0.39, 0.29) is 18.0 Å². The average Bonchev–Trinajstić information content (AvgIpc) is 3.14. The number of fused-ring (bicyclic) bond motifs is 1. The number of rotatable bonds is 4. The maximum Gasteiger partial charge on any atom is 0.343 e. The van der Waals surface area contributed by atoms with Crippen molar-refractivity contribution in [3.63, 3.8) is 0 Å². The van der Waals surface area contributed by atoms with Gasteiger partial charge in [-0.1, -0.05) is 22.9 Å². The van der Waals surface area contributed by atoms with Crippen molar-refractivity contribution < 1.29 is 9.53 Å². The van der Waals surface area contributed by atoms with Gasteiger partial charge in [-0.2, -0.15) is 14.5 Å². The molecule has 0 amide bonds. The van der Waals surface area contributed by atoms with Crippen LogP contribution in [0.3, 0.4) is 0 Å². The summed E-state index contributed by atoms with van der Waals surface area (Å²) in [5.74, 6) is -0.144. The van der Waals surface area contributed by atoms with Crippen molar-refractivity contribution in [3.05, 3.63) is 69.7 Å². The monoisotopic (exact) mass is 396 g/mol. The van der Waals surface area contributed by atoms with Gasteiger partial charge in [0.15, 0.2) is 11.6 Å². The maximum absolute atomic E-state index is 13.1. The Morgan fingerprint density at radius 2 is 2.07 bits per heavy atom. The molecule has 0 N–H and O–H groups in total. The van der Waals surface area contributed by atoms with Gasteiger partial charge in [0.1, 0.15) is 11.1 Å². The van der Waals surface area contributed by atoms with Crippen LogP contribution in [0, 0.1) is 0 Å². The summed E-state index contributed by atoms with van der Waals surface area (Å²) in [6.45, 7) is 1.86. The molecule has 0 saturated carbocycles. The molecular formula is C18H13ClN6O3. The zero-order valence-electron chi connectivity index (χ0n) is 14.6. The van der Waals surface area contributed by atoms with E-state index < -0.39 is 11.5 Å². The van der Waals surface area contributed by atoms with Crippen LogP contribution in [0.25, 0.3) is 22.5 Å². The van der Waals surface area contributed by atoms with E-state index in [1.54, 1.807) is 43.5 Å². The Bertz CT molecular complexity index is 1240. The molecule has 0 radical (unpaired) electrons. The Hall–Kier alpha value is -3.59. The molecule has 0 bridgehead atoms. The summed E-state index contributed by atoms with van der Waals surface area (Å²) in [4.78, 5) is 29.7. The number of nitrogens with zero attached hydrogens (tertiary/aromatic N) is 6. The van der Waals surface area contributed by atoms with Crippen LogP contribution in [0.2, 0.25) is 5.02 Å². The van der Waals surface area contributed by atoms with Gasteiger partial charge in [0, 0.05) is 11.2 Å². The summed E-state index contributed by atoms with van der Waals surface area (Å²) in [7, 11) is 0. The lowest BCUT2D eigenvalue weighted by molar-refractivity contribution is 0.0526. The number of esters is 1. The number of pyridine rings is 1. The number of carbonyl (C=O) groups is 1. The highest BCUT2D eigenvalue weighted by molar-refractivity contribution is 6.31. The molecule has 3 heterocycles. The number of hydrogen-bond acceptors (Lipinski definition) is 7. The molecule has 9 nitrogen and oxygen atoms in total. The first kappa shape index (κ1) is 17.8. The van der Waals surface area contributed by atoms with Gasteiger partial charge in [0.25, 0.3) is 5.56 Å². The van der Waals surface area contributed by atoms with Crippen LogP contribution < -0.4 is 5.56 Å². The highest BCUT2D eigenvalue weighted by Crippen LogP contribution is 2.19. The Morgan fingerprint density at radius 1 is 1.21 bits per heavy atom. The molecule has 140 valence electrons. The quantitative estimate of drug-likeness (QED) is 0.487. The minimum atomic E-state index is -0.635.